The average molecular weight is 444 g/mol. The Kier molecular flexibility index (Phi) is 5.24. The van der Waals surface area contributed by atoms with Gasteiger partial charge < -0.3 is 18.7 Å². The zero-order valence-electron chi connectivity index (χ0n) is 18.9. The topological polar surface area (TPSA) is 77.6 Å². The molecular weight excluding hydrogens is 418 g/mol. The first-order chi connectivity index (χ1) is 16.0. The highest BCUT2D eigenvalue weighted by molar-refractivity contribution is 5.99. The van der Waals surface area contributed by atoms with Gasteiger partial charge in [-0.25, -0.2) is 0 Å². The van der Waals surface area contributed by atoms with Gasteiger partial charge in [0.1, 0.15) is 17.1 Å². The fraction of sp³-hybridized carbons (Fsp3) is 0.269. The number of amides is 1. The molecule has 1 aliphatic heterocycles. The number of pyridine rings is 1. The molecule has 5 rings (SSSR count). The molecule has 3 heterocycles. The van der Waals surface area contributed by atoms with Crippen molar-refractivity contribution in [3.63, 3.8) is 0 Å². The Labute approximate surface area is 191 Å². The number of hydrogen-bond donors (Lipinski definition) is 0. The fourth-order valence-electron chi connectivity index (χ4n) is 4.40. The molecule has 0 bridgehead atoms. The second kappa shape index (κ2) is 8.24. The lowest BCUT2D eigenvalue weighted by atomic mass is 9.99. The van der Waals surface area contributed by atoms with Gasteiger partial charge in [-0.3, -0.25) is 9.59 Å². The third kappa shape index (κ3) is 3.59. The molecule has 0 unspecified atom stereocenters. The number of likely N-dealkylation sites (tertiary alicyclic amines) is 1. The van der Waals surface area contributed by atoms with E-state index in [9.17, 15) is 9.59 Å². The van der Waals surface area contributed by atoms with E-state index in [-0.39, 0.29) is 17.0 Å². The number of nitrogens with zero attached hydrogens (tertiary/aromatic N) is 3. The Bertz CT molecular complexity index is 1400. The second-order valence-electron chi connectivity index (χ2n) is 8.39. The van der Waals surface area contributed by atoms with E-state index in [0.29, 0.717) is 36.7 Å². The summed E-state index contributed by atoms with van der Waals surface area (Å²) in [6.07, 6.45) is 0.963. The second-order valence-corrected chi connectivity index (χ2v) is 8.39. The van der Waals surface area contributed by atoms with Gasteiger partial charge in [-0.05, 0) is 38.0 Å². The van der Waals surface area contributed by atoms with Crippen molar-refractivity contribution in [2.24, 2.45) is 0 Å². The zero-order valence-corrected chi connectivity index (χ0v) is 18.9. The molecule has 0 aliphatic carbocycles. The largest absolute Gasteiger partial charge is 0.496 e. The van der Waals surface area contributed by atoms with Crippen molar-refractivity contribution in [2.75, 3.05) is 20.2 Å². The minimum atomic E-state index is -0.296. The van der Waals surface area contributed by atoms with Crippen molar-refractivity contribution >= 4 is 16.8 Å². The van der Waals surface area contributed by atoms with Crippen LogP contribution in [0, 0.1) is 13.8 Å². The van der Waals surface area contributed by atoms with Crippen molar-refractivity contribution in [1.82, 2.24) is 14.6 Å². The number of carbonyl (C=O) groups is 1. The normalized spacial score (nSPS) is 13.2. The van der Waals surface area contributed by atoms with Crippen LogP contribution in [0.5, 0.6) is 5.75 Å². The van der Waals surface area contributed by atoms with E-state index < -0.39 is 0 Å². The van der Waals surface area contributed by atoms with Crippen LogP contribution in [0.3, 0.4) is 0 Å². The number of benzene rings is 2. The van der Waals surface area contributed by atoms with E-state index in [0.717, 1.165) is 34.2 Å². The van der Waals surface area contributed by atoms with Crippen molar-refractivity contribution in [3.8, 4) is 16.9 Å². The van der Waals surface area contributed by atoms with Crippen LogP contribution in [0.1, 0.15) is 33.8 Å². The molecule has 1 saturated heterocycles. The Hall–Kier alpha value is -3.87. The van der Waals surface area contributed by atoms with Gasteiger partial charge >= 0.3 is 0 Å². The maximum absolute atomic E-state index is 13.5. The Morgan fingerprint density at radius 3 is 2.48 bits per heavy atom. The Morgan fingerprint density at radius 1 is 1.12 bits per heavy atom. The summed E-state index contributed by atoms with van der Waals surface area (Å²) in [6.45, 7) is 5.45. The molecule has 0 radical (unpaired) electrons. The van der Waals surface area contributed by atoms with E-state index >= 15 is 0 Å². The number of carbonyl (C=O) groups excluding carboxylic acids is 1. The summed E-state index contributed by atoms with van der Waals surface area (Å²) >= 11 is 0. The predicted octanol–water partition coefficient (Wildman–Crippen LogP) is 4.18. The first-order valence-corrected chi connectivity index (χ1v) is 11.0. The van der Waals surface area contributed by atoms with E-state index in [2.05, 4.69) is 5.16 Å². The standard InChI is InChI=1S/C26H25N3O4/c1-16-24(17(2)33-27-16)20-12-19-13-21(25(30)28-10-7-11-28)26(31)29(22(19)14-23(20)32-3)15-18-8-5-4-6-9-18/h4-6,8-9,12-14H,7,10-11,15H2,1-3H3. The molecule has 7 heteroatoms. The highest BCUT2D eigenvalue weighted by Crippen LogP contribution is 2.37. The maximum Gasteiger partial charge on any atom is 0.264 e. The van der Waals surface area contributed by atoms with E-state index in [1.54, 1.807) is 22.6 Å². The third-order valence-corrected chi connectivity index (χ3v) is 6.27. The van der Waals surface area contributed by atoms with Crippen LogP contribution in [-0.4, -0.2) is 40.7 Å². The average Bonchev–Trinajstić information content (AvgIpc) is 3.12. The molecule has 1 fully saturated rings. The summed E-state index contributed by atoms with van der Waals surface area (Å²) in [4.78, 5) is 28.4. The summed E-state index contributed by atoms with van der Waals surface area (Å²) in [6, 6.07) is 15.3. The monoisotopic (exact) mass is 443 g/mol. The maximum atomic E-state index is 13.5. The van der Waals surface area contributed by atoms with Crippen molar-refractivity contribution < 1.29 is 14.1 Å². The molecule has 1 aliphatic rings. The summed E-state index contributed by atoms with van der Waals surface area (Å²) in [5, 5.41) is 4.86. The summed E-state index contributed by atoms with van der Waals surface area (Å²) < 4.78 is 12.8. The van der Waals surface area contributed by atoms with E-state index in [1.165, 1.54) is 0 Å². The predicted molar refractivity (Wildman–Crippen MR) is 126 cm³/mol. The van der Waals surface area contributed by atoms with Gasteiger partial charge in [0.2, 0.25) is 0 Å². The molecule has 0 atom stereocenters. The first kappa shape index (κ1) is 21.0. The summed E-state index contributed by atoms with van der Waals surface area (Å²) in [5.41, 5.74) is 3.99. The Balaban J connectivity index is 1.78. The molecule has 0 spiro atoms. The van der Waals surface area contributed by atoms with Crippen molar-refractivity contribution in [2.45, 2.75) is 26.8 Å². The molecule has 4 aromatic rings. The lowest BCUT2D eigenvalue weighted by Crippen LogP contribution is -2.44. The number of methoxy groups -OCH3 is 1. The van der Waals surface area contributed by atoms with Gasteiger partial charge in [0.05, 0.1) is 30.4 Å². The summed E-state index contributed by atoms with van der Waals surface area (Å²) in [5.74, 6) is 1.07. The highest BCUT2D eigenvalue weighted by atomic mass is 16.5. The zero-order chi connectivity index (χ0) is 23.1. The van der Waals surface area contributed by atoms with Crippen LogP contribution in [0.15, 0.2) is 57.8 Å². The molecule has 2 aromatic carbocycles. The van der Waals surface area contributed by atoms with E-state index in [4.69, 9.17) is 9.26 Å². The molecule has 0 N–H and O–H groups in total. The molecule has 2 aromatic heterocycles. The van der Waals surface area contributed by atoms with Gasteiger partial charge in [0, 0.05) is 30.1 Å². The number of rotatable bonds is 5. The van der Waals surface area contributed by atoms with E-state index in [1.807, 2.05) is 56.3 Å². The number of hydrogen-bond acceptors (Lipinski definition) is 5. The molecule has 7 nitrogen and oxygen atoms in total. The number of aryl methyl sites for hydroxylation is 2. The van der Waals surface area contributed by atoms with Gasteiger partial charge in [-0.15, -0.1) is 0 Å². The number of aromatic nitrogens is 2. The number of fused-ring (bicyclic) bond motifs is 1. The van der Waals surface area contributed by atoms with Crippen LogP contribution in [-0.2, 0) is 6.54 Å². The van der Waals surface area contributed by atoms with Gasteiger partial charge in [0.15, 0.2) is 0 Å². The molecule has 1 amide bonds. The van der Waals surface area contributed by atoms with Crippen molar-refractivity contribution in [1.29, 1.82) is 0 Å². The van der Waals surface area contributed by atoms with Gasteiger partial charge in [0.25, 0.3) is 11.5 Å². The lowest BCUT2D eigenvalue weighted by molar-refractivity contribution is 0.0649. The van der Waals surface area contributed by atoms with Crippen LogP contribution in [0.2, 0.25) is 0 Å². The molecular formula is C26H25N3O4. The summed E-state index contributed by atoms with van der Waals surface area (Å²) in [7, 11) is 1.60. The Morgan fingerprint density at radius 2 is 1.88 bits per heavy atom. The molecule has 168 valence electrons. The van der Waals surface area contributed by atoms with Gasteiger partial charge in [-0.1, -0.05) is 35.5 Å². The SMILES string of the molecule is COc1cc2c(cc1-c1c(C)noc1C)cc(C(=O)N1CCC1)c(=O)n2Cc1ccccc1. The quantitative estimate of drug-likeness (QED) is 0.463. The molecule has 0 saturated carbocycles. The van der Waals surface area contributed by atoms with Crippen molar-refractivity contribution in [3.05, 3.63) is 81.5 Å². The van der Waals surface area contributed by atoms with Crippen LogP contribution in [0.25, 0.3) is 22.0 Å². The third-order valence-electron chi connectivity index (χ3n) is 6.27. The van der Waals surface area contributed by atoms with Crippen LogP contribution in [0.4, 0.5) is 0 Å². The number of ether oxygens (including phenoxy) is 1. The fourth-order valence-corrected chi connectivity index (χ4v) is 4.40. The molecule has 33 heavy (non-hydrogen) atoms. The minimum absolute atomic E-state index is 0.188. The van der Waals surface area contributed by atoms with Gasteiger partial charge in [-0.2, -0.15) is 0 Å². The minimum Gasteiger partial charge on any atom is -0.496 e. The van der Waals surface area contributed by atoms with Crippen LogP contribution >= 0.6 is 0 Å². The first-order valence-electron chi connectivity index (χ1n) is 11.0. The lowest BCUT2D eigenvalue weighted by Gasteiger charge is -2.31. The smallest absolute Gasteiger partial charge is 0.264 e. The van der Waals surface area contributed by atoms with Crippen LogP contribution < -0.4 is 10.3 Å². The highest BCUT2D eigenvalue weighted by Gasteiger charge is 2.26.